The molecule has 1 aromatic heterocycles. The lowest BCUT2D eigenvalue weighted by Crippen LogP contribution is -2.32. The Hall–Kier alpha value is -2.79. The van der Waals surface area contributed by atoms with Crippen molar-refractivity contribution in [1.29, 1.82) is 0 Å². The van der Waals surface area contributed by atoms with E-state index in [9.17, 15) is 9.59 Å². The number of aromatic nitrogens is 1. The van der Waals surface area contributed by atoms with E-state index in [4.69, 9.17) is 16.3 Å². The van der Waals surface area contributed by atoms with Crippen LogP contribution < -0.4 is 15.5 Å². The van der Waals surface area contributed by atoms with Crippen molar-refractivity contribution in [3.8, 4) is 5.75 Å². The second-order valence-corrected chi connectivity index (χ2v) is 7.30. The minimum Gasteiger partial charge on any atom is -0.487 e. The van der Waals surface area contributed by atoms with E-state index >= 15 is 0 Å². The first-order valence-electron chi connectivity index (χ1n) is 8.80. The highest BCUT2D eigenvalue weighted by Gasteiger charge is 2.24. The molecule has 1 N–H and O–H groups in total. The lowest BCUT2D eigenvalue weighted by Gasteiger charge is -2.26. The summed E-state index contributed by atoms with van der Waals surface area (Å²) >= 11 is 6.29. The predicted octanol–water partition coefficient (Wildman–Crippen LogP) is 3.67. The fourth-order valence-corrected chi connectivity index (χ4v) is 3.73. The number of hydrogen-bond acceptors (Lipinski definition) is 3. The molecule has 1 amide bonds. The highest BCUT2D eigenvalue weighted by atomic mass is 35.5. The van der Waals surface area contributed by atoms with Crippen LogP contribution in [0.1, 0.15) is 28.4 Å². The number of carbonyl (C=O) groups excluding carboxylic acids is 1. The molecule has 0 unspecified atom stereocenters. The summed E-state index contributed by atoms with van der Waals surface area (Å²) in [6, 6.07) is 11.3. The number of halogens is 1. The fourth-order valence-electron chi connectivity index (χ4n) is 3.49. The quantitative estimate of drug-likeness (QED) is 0.751. The monoisotopic (exact) mass is 382 g/mol. The van der Waals surface area contributed by atoms with Crippen molar-refractivity contribution in [3.63, 3.8) is 0 Å². The number of hydrogen-bond donors (Lipinski definition) is 1. The molecule has 2 heterocycles. The standard InChI is InChI=1S/C21H19ClN2O3/c1-12-4-3-5-14(8-12)9-23-21(26)15-11-24-10-13(2)27-17-7-6-16(22)18(19(17)24)20(15)25/h3-8,11,13H,9-10H2,1-2H3,(H,23,26)/t13-/m0/s1. The second kappa shape index (κ2) is 6.74. The molecule has 6 heteroatoms. The van der Waals surface area contributed by atoms with Crippen molar-refractivity contribution in [2.75, 3.05) is 0 Å². The summed E-state index contributed by atoms with van der Waals surface area (Å²) in [5.41, 5.74) is 2.44. The van der Waals surface area contributed by atoms with Crippen LogP contribution >= 0.6 is 11.6 Å². The molecule has 27 heavy (non-hydrogen) atoms. The van der Waals surface area contributed by atoms with Crippen LogP contribution in [0.2, 0.25) is 5.02 Å². The smallest absolute Gasteiger partial charge is 0.257 e. The Kier molecular flexibility index (Phi) is 4.40. The summed E-state index contributed by atoms with van der Waals surface area (Å²) in [7, 11) is 0. The van der Waals surface area contributed by atoms with Crippen LogP contribution in [0.5, 0.6) is 5.75 Å². The number of ether oxygens (including phenoxy) is 1. The van der Waals surface area contributed by atoms with Gasteiger partial charge in [-0.1, -0.05) is 41.4 Å². The third-order valence-electron chi connectivity index (χ3n) is 4.70. The number of pyridine rings is 1. The Morgan fingerprint density at radius 1 is 1.33 bits per heavy atom. The normalized spacial score (nSPS) is 15.4. The van der Waals surface area contributed by atoms with Gasteiger partial charge in [0.2, 0.25) is 5.43 Å². The Balaban J connectivity index is 1.74. The molecule has 1 aliphatic rings. The number of nitrogens with one attached hydrogen (secondary N) is 1. The van der Waals surface area contributed by atoms with Gasteiger partial charge in [-0.3, -0.25) is 9.59 Å². The Morgan fingerprint density at radius 2 is 2.15 bits per heavy atom. The van der Waals surface area contributed by atoms with E-state index in [2.05, 4.69) is 5.32 Å². The molecular weight excluding hydrogens is 364 g/mol. The molecule has 1 aliphatic heterocycles. The molecule has 3 aromatic rings. The maximum atomic E-state index is 13.0. The van der Waals surface area contributed by atoms with Crippen LogP contribution in [0.25, 0.3) is 10.9 Å². The molecule has 0 bridgehead atoms. The molecule has 0 spiro atoms. The van der Waals surface area contributed by atoms with E-state index in [1.165, 1.54) is 0 Å². The molecule has 138 valence electrons. The summed E-state index contributed by atoms with van der Waals surface area (Å²) < 4.78 is 7.69. The van der Waals surface area contributed by atoms with Crippen molar-refractivity contribution in [1.82, 2.24) is 9.88 Å². The van der Waals surface area contributed by atoms with Crippen LogP contribution in [0.15, 0.2) is 47.4 Å². The number of rotatable bonds is 3. The van der Waals surface area contributed by atoms with Crippen LogP contribution in [-0.4, -0.2) is 16.6 Å². The molecule has 0 saturated heterocycles. The summed E-state index contributed by atoms with van der Waals surface area (Å²) in [5.74, 6) is 0.199. The fraction of sp³-hybridized carbons (Fsp3) is 0.238. The zero-order valence-corrected chi connectivity index (χ0v) is 15.8. The van der Waals surface area contributed by atoms with Crippen molar-refractivity contribution in [2.45, 2.75) is 33.0 Å². The SMILES string of the molecule is Cc1cccc(CNC(=O)c2cn3c4c(ccc(Cl)c4c2=O)O[C@@H](C)C3)c1. The Bertz CT molecular complexity index is 1120. The van der Waals surface area contributed by atoms with Gasteiger partial charge in [-0.15, -0.1) is 0 Å². The van der Waals surface area contributed by atoms with E-state index in [0.29, 0.717) is 34.8 Å². The molecule has 1 atom stereocenters. The first-order valence-corrected chi connectivity index (χ1v) is 9.18. The summed E-state index contributed by atoms with van der Waals surface area (Å²) in [4.78, 5) is 25.7. The van der Waals surface area contributed by atoms with Gasteiger partial charge in [0.05, 0.1) is 22.5 Å². The third kappa shape index (κ3) is 3.19. The maximum Gasteiger partial charge on any atom is 0.257 e. The molecule has 0 fully saturated rings. The van der Waals surface area contributed by atoms with Gasteiger partial charge in [-0.2, -0.15) is 0 Å². The molecule has 0 radical (unpaired) electrons. The topological polar surface area (TPSA) is 60.3 Å². The van der Waals surface area contributed by atoms with E-state index in [0.717, 1.165) is 11.1 Å². The average molecular weight is 383 g/mol. The van der Waals surface area contributed by atoms with Crippen molar-refractivity contribution < 1.29 is 9.53 Å². The number of carbonyl (C=O) groups is 1. The van der Waals surface area contributed by atoms with Crippen LogP contribution in [0.3, 0.4) is 0 Å². The first kappa shape index (κ1) is 17.6. The van der Waals surface area contributed by atoms with Crippen molar-refractivity contribution in [2.24, 2.45) is 0 Å². The summed E-state index contributed by atoms with van der Waals surface area (Å²) in [5, 5.41) is 3.48. The van der Waals surface area contributed by atoms with Gasteiger partial charge in [0.25, 0.3) is 5.91 Å². The van der Waals surface area contributed by atoms with Gasteiger partial charge in [0.15, 0.2) is 0 Å². The molecule has 2 aromatic carbocycles. The number of aryl methyl sites for hydroxylation is 1. The summed E-state index contributed by atoms with van der Waals surface area (Å²) in [6.07, 6.45) is 1.54. The lowest BCUT2D eigenvalue weighted by atomic mass is 10.1. The number of nitrogens with zero attached hydrogens (tertiary/aromatic N) is 1. The van der Waals surface area contributed by atoms with Crippen molar-refractivity contribution in [3.05, 3.63) is 74.5 Å². The van der Waals surface area contributed by atoms with Gasteiger partial charge in [-0.05, 0) is 31.5 Å². The number of amides is 1. The highest BCUT2D eigenvalue weighted by molar-refractivity contribution is 6.35. The second-order valence-electron chi connectivity index (χ2n) is 6.89. The van der Waals surface area contributed by atoms with E-state index in [-0.39, 0.29) is 17.1 Å². The molecule has 4 rings (SSSR count). The lowest BCUT2D eigenvalue weighted by molar-refractivity contribution is 0.0948. The maximum absolute atomic E-state index is 13.0. The van der Waals surface area contributed by atoms with Gasteiger partial charge in [0.1, 0.15) is 17.4 Å². The first-order chi connectivity index (χ1) is 12.9. The number of benzene rings is 2. The minimum absolute atomic E-state index is 0.0624. The van der Waals surface area contributed by atoms with E-state index in [1.807, 2.05) is 42.7 Å². The minimum atomic E-state index is -0.409. The largest absolute Gasteiger partial charge is 0.487 e. The van der Waals surface area contributed by atoms with E-state index < -0.39 is 5.91 Å². The molecule has 0 saturated carbocycles. The van der Waals surface area contributed by atoms with Gasteiger partial charge < -0.3 is 14.6 Å². The molecule has 5 nitrogen and oxygen atoms in total. The average Bonchev–Trinajstić information content (AvgIpc) is 2.63. The predicted molar refractivity (Wildman–Crippen MR) is 106 cm³/mol. The third-order valence-corrected chi connectivity index (χ3v) is 5.01. The Morgan fingerprint density at radius 3 is 2.93 bits per heavy atom. The van der Waals surface area contributed by atoms with E-state index in [1.54, 1.807) is 18.3 Å². The van der Waals surface area contributed by atoms with Gasteiger partial charge in [-0.25, -0.2) is 0 Å². The van der Waals surface area contributed by atoms with Crippen LogP contribution in [-0.2, 0) is 13.1 Å². The Labute approximate surface area is 161 Å². The molecule has 0 aliphatic carbocycles. The van der Waals surface area contributed by atoms with Crippen LogP contribution in [0, 0.1) is 6.92 Å². The zero-order valence-electron chi connectivity index (χ0n) is 15.1. The van der Waals surface area contributed by atoms with Crippen molar-refractivity contribution >= 4 is 28.4 Å². The van der Waals surface area contributed by atoms with Crippen LogP contribution in [0.4, 0.5) is 0 Å². The molecular formula is C21H19ClN2O3. The summed E-state index contributed by atoms with van der Waals surface area (Å²) in [6.45, 7) is 4.83. The van der Waals surface area contributed by atoms with Gasteiger partial charge in [0, 0.05) is 12.7 Å². The van der Waals surface area contributed by atoms with Gasteiger partial charge >= 0.3 is 0 Å². The highest BCUT2D eigenvalue weighted by Crippen LogP contribution is 2.33. The zero-order chi connectivity index (χ0) is 19.1.